The van der Waals surface area contributed by atoms with Crippen LogP contribution in [0, 0.1) is 34.8 Å². The SMILES string of the molecule is Cc1ccc(NC(C)C2CC3CCC2C3)cc1[N+](=O)[O-]. The second-order valence-electron chi connectivity index (χ2n) is 6.53. The Morgan fingerprint density at radius 2 is 2.15 bits per heavy atom. The Morgan fingerprint density at radius 1 is 1.35 bits per heavy atom. The molecule has 4 heteroatoms. The molecule has 2 bridgehead atoms. The molecule has 4 unspecified atom stereocenters. The molecule has 108 valence electrons. The quantitative estimate of drug-likeness (QED) is 0.663. The van der Waals surface area contributed by atoms with Gasteiger partial charge in [0.1, 0.15) is 0 Å². The van der Waals surface area contributed by atoms with Crippen LogP contribution in [0.1, 0.15) is 38.2 Å². The predicted octanol–water partition coefficient (Wildman–Crippen LogP) is 4.14. The highest BCUT2D eigenvalue weighted by Crippen LogP contribution is 2.49. The molecule has 0 radical (unpaired) electrons. The van der Waals surface area contributed by atoms with Crippen LogP contribution in [0.2, 0.25) is 0 Å². The summed E-state index contributed by atoms with van der Waals surface area (Å²) in [6.45, 7) is 4.00. The lowest BCUT2D eigenvalue weighted by Crippen LogP contribution is -2.29. The summed E-state index contributed by atoms with van der Waals surface area (Å²) in [5.74, 6) is 2.53. The van der Waals surface area contributed by atoms with E-state index in [0.29, 0.717) is 11.6 Å². The minimum absolute atomic E-state index is 0.204. The van der Waals surface area contributed by atoms with E-state index in [-0.39, 0.29) is 10.6 Å². The number of benzene rings is 1. The first kappa shape index (κ1) is 13.4. The van der Waals surface area contributed by atoms with Gasteiger partial charge < -0.3 is 5.32 Å². The van der Waals surface area contributed by atoms with Gasteiger partial charge in [-0.3, -0.25) is 10.1 Å². The molecule has 2 aliphatic carbocycles. The highest BCUT2D eigenvalue weighted by Gasteiger charge is 2.41. The van der Waals surface area contributed by atoms with Crippen LogP contribution in [0.25, 0.3) is 0 Å². The molecule has 0 aliphatic heterocycles. The van der Waals surface area contributed by atoms with E-state index >= 15 is 0 Å². The van der Waals surface area contributed by atoms with E-state index in [9.17, 15) is 10.1 Å². The lowest BCUT2D eigenvalue weighted by molar-refractivity contribution is -0.385. The number of nitro benzene ring substituents is 1. The van der Waals surface area contributed by atoms with Gasteiger partial charge in [-0.2, -0.15) is 0 Å². The maximum absolute atomic E-state index is 11.0. The fraction of sp³-hybridized carbons (Fsp3) is 0.625. The van der Waals surface area contributed by atoms with E-state index in [2.05, 4.69) is 12.2 Å². The van der Waals surface area contributed by atoms with Crippen LogP contribution in [-0.4, -0.2) is 11.0 Å². The lowest BCUT2D eigenvalue weighted by atomic mass is 9.84. The molecule has 3 rings (SSSR count). The molecule has 0 heterocycles. The van der Waals surface area contributed by atoms with Crippen molar-refractivity contribution in [2.75, 3.05) is 5.32 Å². The normalized spacial score (nSPS) is 29.4. The highest BCUT2D eigenvalue weighted by atomic mass is 16.6. The van der Waals surface area contributed by atoms with Gasteiger partial charge in [-0.05, 0) is 56.9 Å². The smallest absolute Gasteiger partial charge is 0.274 e. The second-order valence-corrected chi connectivity index (χ2v) is 6.53. The molecule has 1 N–H and O–H groups in total. The molecule has 1 aromatic rings. The number of aryl methyl sites for hydroxylation is 1. The molecular formula is C16H22N2O2. The Labute approximate surface area is 119 Å². The van der Waals surface area contributed by atoms with E-state index < -0.39 is 0 Å². The van der Waals surface area contributed by atoms with Gasteiger partial charge in [0.15, 0.2) is 0 Å². The Balaban J connectivity index is 1.71. The van der Waals surface area contributed by atoms with Gasteiger partial charge in [0.25, 0.3) is 5.69 Å². The summed E-state index contributed by atoms with van der Waals surface area (Å²) in [7, 11) is 0. The molecule has 20 heavy (non-hydrogen) atoms. The molecule has 2 aliphatic rings. The Hall–Kier alpha value is -1.58. The van der Waals surface area contributed by atoms with Crippen LogP contribution in [0.3, 0.4) is 0 Å². The zero-order chi connectivity index (χ0) is 14.3. The number of fused-ring (bicyclic) bond motifs is 2. The fourth-order valence-corrected chi connectivity index (χ4v) is 4.17. The van der Waals surface area contributed by atoms with Crippen molar-refractivity contribution in [2.45, 2.75) is 45.6 Å². The van der Waals surface area contributed by atoms with Crippen LogP contribution in [0.4, 0.5) is 11.4 Å². The van der Waals surface area contributed by atoms with E-state index in [1.165, 1.54) is 25.7 Å². The van der Waals surface area contributed by atoms with Crippen molar-refractivity contribution in [1.29, 1.82) is 0 Å². The van der Waals surface area contributed by atoms with Crippen molar-refractivity contribution in [1.82, 2.24) is 0 Å². The number of hydrogen-bond acceptors (Lipinski definition) is 3. The van der Waals surface area contributed by atoms with Crippen LogP contribution in [0.5, 0.6) is 0 Å². The van der Waals surface area contributed by atoms with E-state index in [1.807, 2.05) is 12.1 Å². The van der Waals surface area contributed by atoms with Crippen LogP contribution in [-0.2, 0) is 0 Å². The molecule has 0 aromatic heterocycles. The third kappa shape index (κ3) is 2.39. The first-order chi connectivity index (χ1) is 9.54. The van der Waals surface area contributed by atoms with Gasteiger partial charge in [-0.1, -0.05) is 12.5 Å². The van der Waals surface area contributed by atoms with Gasteiger partial charge in [-0.25, -0.2) is 0 Å². The van der Waals surface area contributed by atoms with Gasteiger partial charge >= 0.3 is 0 Å². The minimum atomic E-state index is -0.303. The van der Waals surface area contributed by atoms with Gasteiger partial charge in [-0.15, -0.1) is 0 Å². The molecule has 0 amide bonds. The molecule has 2 saturated carbocycles. The van der Waals surface area contributed by atoms with Crippen molar-refractivity contribution >= 4 is 11.4 Å². The van der Waals surface area contributed by atoms with Gasteiger partial charge in [0.2, 0.25) is 0 Å². The van der Waals surface area contributed by atoms with Crippen LogP contribution < -0.4 is 5.32 Å². The van der Waals surface area contributed by atoms with E-state index in [0.717, 1.165) is 23.4 Å². The van der Waals surface area contributed by atoms with Crippen molar-refractivity contribution in [2.24, 2.45) is 17.8 Å². The van der Waals surface area contributed by atoms with Gasteiger partial charge in [0.05, 0.1) is 4.92 Å². The van der Waals surface area contributed by atoms with Crippen LogP contribution in [0.15, 0.2) is 18.2 Å². The third-order valence-corrected chi connectivity index (χ3v) is 5.24. The topological polar surface area (TPSA) is 55.2 Å². The number of rotatable bonds is 4. The minimum Gasteiger partial charge on any atom is -0.382 e. The molecular weight excluding hydrogens is 252 g/mol. The fourth-order valence-electron chi connectivity index (χ4n) is 4.17. The summed E-state index contributed by atoms with van der Waals surface area (Å²) in [6.07, 6.45) is 5.50. The maximum Gasteiger partial charge on any atom is 0.274 e. The third-order valence-electron chi connectivity index (χ3n) is 5.24. The van der Waals surface area contributed by atoms with Crippen molar-refractivity contribution in [3.05, 3.63) is 33.9 Å². The number of anilines is 1. The standard InChI is InChI=1S/C16H22N2O2/c1-10-3-6-14(9-16(10)18(19)20)17-11(2)15-8-12-4-5-13(15)7-12/h3,6,9,11-13,15,17H,4-5,7-8H2,1-2H3. The average Bonchev–Trinajstić information content (AvgIpc) is 3.03. The molecule has 4 atom stereocenters. The van der Waals surface area contributed by atoms with Gasteiger partial charge in [0, 0.05) is 23.4 Å². The molecule has 0 spiro atoms. The Morgan fingerprint density at radius 3 is 2.75 bits per heavy atom. The summed E-state index contributed by atoms with van der Waals surface area (Å²) >= 11 is 0. The number of hydrogen-bond donors (Lipinski definition) is 1. The Bertz CT molecular complexity index is 529. The molecule has 4 nitrogen and oxygen atoms in total. The lowest BCUT2D eigenvalue weighted by Gasteiger charge is -2.29. The highest BCUT2D eigenvalue weighted by molar-refractivity contribution is 5.55. The monoisotopic (exact) mass is 274 g/mol. The largest absolute Gasteiger partial charge is 0.382 e. The summed E-state index contributed by atoms with van der Waals surface area (Å²) in [5.41, 5.74) is 1.79. The first-order valence-corrected chi connectivity index (χ1v) is 7.56. The van der Waals surface area contributed by atoms with E-state index in [4.69, 9.17) is 0 Å². The van der Waals surface area contributed by atoms with Crippen molar-refractivity contribution in [3.63, 3.8) is 0 Å². The number of nitrogens with one attached hydrogen (secondary N) is 1. The zero-order valence-corrected chi connectivity index (χ0v) is 12.1. The number of nitro groups is 1. The molecule has 0 saturated heterocycles. The Kier molecular flexibility index (Phi) is 3.40. The molecule has 1 aromatic carbocycles. The predicted molar refractivity (Wildman–Crippen MR) is 79.9 cm³/mol. The summed E-state index contributed by atoms with van der Waals surface area (Å²) in [4.78, 5) is 10.7. The van der Waals surface area contributed by atoms with Crippen molar-refractivity contribution < 1.29 is 4.92 Å². The zero-order valence-electron chi connectivity index (χ0n) is 12.1. The summed E-state index contributed by atoms with van der Waals surface area (Å²) in [6, 6.07) is 5.84. The summed E-state index contributed by atoms with van der Waals surface area (Å²) < 4.78 is 0. The summed E-state index contributed by atoms with van der Waals surface area (Å²) in [5, 5.41) is 14.5. The second kappa shape index (κ2) is 5.08. The maximum atomic E-state index is 11.0. The van der Waals surface area contributed by atoms with Crippen LogP contribution >= 0.6 is 0 Å². The van der Waals surface area contributed by atoms with E-state index in [1.54, 1.807) is 13.0 Å². The average molecular weight is 274 g/mol. The van der Waals surface area contributed by atoms with Crippen molar-refractivity contribution in [3.8, 4) is 0 Å². The molecule has 2 fully saturated rings. The number of nitrogens with zero attached hydrogens (tertiary/aromatic N) is 1. The first-order valence-electron chi connectivity index (χ1n) is 7.56.